The summed E-state index contributed by atoms with van der Waals surface area (Å²) in [6.45, 7) is 2.77. The summed E-state index contributed by atoms with van der Waals surface area (Å²) in [6, 6.07) is 7.04. The van der Waals surface area contributed by atoms with Gasteiger partial charge in [0.05, 0.1) is 5.56 Å². The number of carbonyl (C=O) groups is 2. The SMILES string of the molecule is CCCC(C(=O)O)n1cc(C(=O)NCC23CC4CC5CC(C2)C3(C5)C4)c2ccccc21. The van der Waals surface area contributed by atoms with Crippen molar-refractivity contribution in [1.29, 1.82) is 0 Å². The third-order valence-corrected chi connectivity index (χ3v) is 9.50. The van der Waals surface area contributed by atoms with Crippen LogP contribution in [-0.4, -0.2) is 28.1 Å². The molecule has 3 bridgehead atoms. The Morgan fingerprint density at radius 2 is 1.97 bits per heavy atom. The minimum absolute atomic E-state index is 0.0548. The first-order valence-corrected chi connectivity index (χ1v) is 12.1. The van der Waals surface area contributed by atoms with Crippen molar-refractivity contribution < 1.29 is 14.7 Å². The Bertz CT molecular complexity index is 1070. The molecule has 31 heavy (non-hydrogen) atoms. The number of para-hydroxylation sites is 1. The van der Waals surface area contributed by atoms with E-state index in [1.807, 2.05) is 31.2 Å². The standard InChI is InChI=1S/C26H32N2O3/c1-2-5-22(24(30)31)28-14-20(19-6-3-4-7-21(19)28)23(29)27-15-25-10-17-8-16-9-18(13-25)26(25,11-16)12-17/h3-4,6-7,14,16-18,22H,2,5,8-13,15H2,1H3,(H,27,29)(H,30,31). The van der Waals surface area contributed by atoms with Crippen molar-refractivity contribution in [3.8, 4) is 0 Å². The molecule has 6 rings (SSSR count). The maximum atomic E-state index is 13.4. The molecule has 5 nitrogen and oxygen atoms in total. The number of aromatic nitrogens is 1. The van der Waals surface area contributed by atoms with Crippen LogP contribution in [0.2, 0.25) is 0 Å². The fraction of sp³-hybridized carbons (Fsp3) is 0.615. The van der Waals surface area contributed by atoms with Crippen molar-refractivity contribution in [3.63, 3.8) is 0 Å². The lowest BCUT2D eigenvalue weighted by Crippen LogP contribution is -2.57. The van der Waals surface area contributed by atoms with Crippen LogP contribution in [0.3, 0.4) is 0 Å². The summed E-state index contributed by atoms with van der Waals surface area (Å²) in [5, 5.41) is 13.9. The second kappa shape index (κ2) is 6.60. The van der Waals surface area contributed by atoms with Gasteiger partial charge in [-0.25, -0.2) is 4.79 Å². The molecule has 6 unspecified atom stereocenters. The maximum absolute atomic E-state index is 13.4. The van der Waals surface area contributed by atoms with Crippen LogP contribution in [0.15, 0.2) is 30.5 Å². The zero-order chi connectivity index (χ0) is 21.4. The lowest BCUT2D eigenvalue weighted by Gasteiger charge is -2.59. The van der Waals surface area contributed by atoms with E-state index in [4.69, 9.17) is 0 Å². The molecule has 1 spiro atoms. The normalized spacial score (nSPS) is 35.7. The third kappa shape index (κ3) is 2.55. The monoisotopic (exact) mass is 420 g/mol. The first-order chi connectivity index (χ1) is 15.0. The van der Waals surface area contributed by atoms with Gasteiger partial charge in [0.15, 0.2) is 0 Å². The summed E-state index contributed by atoms with van der Waals surface area (Å²) in [6.07, 6.45) is 11.3. The van der Waals surface area contributed by atoms with Gasteiger partial charge in [-0.2, -0.15) is 0 Å². The van der Waals surface area contributed by atoms with Gasteiger partial charge in [0, 0.05) is 23.6 Å². The highest BCUT2D eigenvalue weighted by Crippen LogP contribution is 2.81. The van der Waals surface area contributed by atoms with E-state index in [1.54, 1.807) is 10.8 Å². The molecule has 6 atom stereocenters. The Kier molecular flexibility index (Phi) is 4.13. The van der Waals surface area contributed by atoms with Crippen molar-refractivity contribution >= 4 is 22.8 Å². The predicted octanol–water partition coefficient (Wildman–Crippen LogP) is 5.01. The minimum atomic E-state index is -0.845. The summed E-state index contributed by atoms with van der Waals surface area (Å²) < 4.78 is 1.79. The Morgan fingerprint density at radius 1 is 1.16 bits per heavy atom. The predicted molar refractivity (Wildman–Crippen MR) is 119 cm³/mol. The smallest absolute Gasteiger partial charge is 0.326 e. The molecule has 0 aliphatic heterocycles. The number of nitrogens with zero attached hydrogens (tertiary/aromatic N) is 1. The number of fused-ring (bicyclic) bond motifs is 3. The van der Waals surface area contributed by atoms with E-state index in [-0.39, 0.29) is 5.91 Å². The number of hydrogen-bond acceptors (Lipinski definition) is 2. The largest absolute Gasteiger partial charge is 0.480 e. The van der Waals surface area contributed by atoms with Crippen LogP contribution < -0.4 is 5.32 Å². The number of benzene rings is 1. The van der Waals surface area contributed by atoms with Crippen LogP contribution >= 0.6 is 0 Å². The minimum Gasteiger partial charge on any atom is -0.480 e. The molecule has 1 heterocycles. The van der Waals surface area contributed by atoms with E-state index in [0.29, 0.717) is 22.8 Å². The quantitative estimate of drug-likeness (QED) is 0.661. The molecule has 4 aliphatic carbocycles. The van der Waals surface area contributed by atoms with E-state index < -0.39 is 12.0 Å². The molecule has 4 fully saturated rings. The average molecular weight is 421 g/mol. The van der Waals surface area contributed by atoms with Crippen LogP contribution in [0, 0.1) is 28.6 Å². The van der Waals surface area contributed by atoms with Gasteiger partial charge in [-0.1, -0.05) is 31.5 Å². The molecule has 1 aromatic carbocycles. The fourth-order valence-electron chi connectivity index (χ4n) is 8.54. The number of amides is 1. The molecule has 2 N–H and O–H groups in total. The van der Waals surface area contributed by atoms with Gasteiger partial charge in [0.2, 0.25) is 0 Å². The second-order valence-corrected chi connectivity index (χ2v) is 10.9. The van der Waals surface area contributed by atoms with Gasteiger partial charge in [0.1, 0.15) is 6.04 Å². The van der Waals surface area contributed by atoms with Crippen molar-refractivity contribution in [2.75, 3.05) is 6.54 Å². The molecule has 0 radical (unpaired) electrons. The number of carbonyl (C=O) groups excluding carboxylic acids is 1. The number of nitrogens with one attached hydrogen (secondary N) is 1. The summed E-state index contributed by atoms with van der Waals surface area (Å²) in [5.41, 5.74) is 2.25. The molecule has 4 aliphatic rings. The highest BCUT2D eigenvalue weighted by molar-refractivity contribution is 6.07. The van der Waals surface area contributed by atoms with E-state index in [9.17, 15) is 14.7 Å². The van der Waals surface area contributed by atoms with E-state index in [0.717, 1.165) is 41.6 Å². The lowest BCUT2D eigenvalue weighted by molar-refractivity contribution is -0.141. The second-order valence-electron chi connectivity index (χ2n) is 10.9. The van der Waals surface area contributed by atoms with Crippen LogP contribution in [0.5, 0.6) is 0 Å². The Morgan fingerprint density at radius 3 is 2.77 bits per heavy atom. The average Bonchev–Trinajstić information content (AvgIpc) is 3.28. The first kappa shape index (κ1) is 19.4. The zero-order valence-electron chi connectivity index (χ0n) is 18.3. The highest BCUT2D eigenvalue weighted by atomic mass is 16.4. The van der Waals surface area contributed by atoms with Crippen LogP contribution in [0.25, 0.3) is 10.9 Å². The van der Waals surface area contributed by atoms with E-state index in [1.165, 1.54) is 38.5 Å². The Labute approximate surface area is 183 Å². The van der Waals surface area contributed by atoms with Gasteiger partial charge in [0.25, 0.3) is 5.91 Å². The maximum Gasteiger partial charge on any atom is 0.326 e. The molecule has 1 aromatic heterocycles. The summed E-state index contributed by atoms with van der Waals surface area (Å²) >= 11 is 0. The van der Waals surface area contributed by atoms with Crippen molar-refractivity contribution in [2.24, 2.45) is 28.6 Å². The zero-order valence-corrected chi connectivity index (χ0v) is 18.3. The molecule has 0 saturated heterocycles. The van der Waals surface area contributed by atoms with Crippen molar-refractivity contribution in [3.05, 3.63) is 36.0 Å². The number of rotatable bonds is 7. The van der Waals surface area contributed by atoms with Crippen LogP contribution in [-0.2, 0) is 4.79 Å². The van der Waals surface area contributed by atoms with Gasteiger partial charge in [-0.15, -0.1) is 0 Å². The molecular weight excluding hydrogens is 388 g/mol. The number of hydrogen-bond donors (Lipinski definition) is 2. The third-order valence-electron chi connectivity index (χ3n) is 9.50. The van der Waals surface area contributed by atoms with Gasteiger partial charge in [-0.3, -0.25) is 4.79 Å². The van der Waals surface area contributed by atoms with Crippen molar-refractivity contribution in [2.45, 2.75) is 64.3 Å². The highest BCUT2D eigenvalue weighted by Gasteiger charge is 2.73. The molecule has 2 aromatic rings. The van der Waals surface area contributed by atoms with Crippen LogP contribution in [0.1, 0.15) is 74.7 Å². The summed E-state index contributed by atoms with van der Waals surface area (Å²) in [4.78, 5) is 25.3. The molecule has 4 saturated carbocycles. The number of aliphatic carboxylic acids is 1. The first-order valence-electron chi connectivity index (χ1n) is 12.1. The van der Waals surface area contributed by atoms with Gasteiger partial charge < -0.3 is 15.0 Å². The van der Waals surface area contributed by atoms with E-state index >= 15 is 0 Å². The summed E-state index contributed by atoms with van der Waals surface area (Å²) in [5.74, 6) is 1.81. The van der Waals surface area contributed by atoms with Crippen molar-refractivity contribution in [1.82, 2.24) is 9.88 Å². The van der Waals surface area contributed by atoms with E-state index in [2.05, 4.69) is 5.32 Å². The topological polar surface area (TPSA) is 71.3 Å². The molecule has 5 heteroatoms. The van der Waals surface area contributed by atoms with Gasteiger partial charge >= 0.3 is 5.97 Å². The molecule has 1 amide bonds. The Hall–Kier alpha value is -2.30. The fourth-order valence-corrected chi connectivity index (χ4v) is 8.54. The van der Waals surface area contributed by atoms with Gasteiger partial charge in [-0.05, 0) is 79.6 Å². The molecule has 164 valence electrons. The number of carboxylic acid groups (broad SMARTS) is 1. The number of carboxylic acids is 1. The van der Waals surface area contributed by atoms with Crippen LogP contribution in [0.4, 0.5) is 0 Å². The molecular formula is C26H32N2O3. The Balaban J connectivity index is 1.28. The summed E-state index contributed by atoms with van der Waals surface area (Å²) in [7, 11) is 0. The lowest BCUT2D eigenvalue weighted by atomic mass is 9.46.